The van der Waals surface area contributed by atoms with Crippen LogP contribution in [0.1, 0.15) is 0 Å². The van der Waals surface area contributed by atoms with Crippen molar-refractivity contribution in [3.63, 3.8) is 0 Å². The topological polar surface area (TPSA) is 0 Å². The second-order valence-electron chi connectivity index (χ2n) is 22.1. The average Bonchev–Trinajstić information content (AvgIpc) is 1.30. The molecule has 0 unspecified atom stereocenters. The predicted molar refractivity (Wildman–Crippen MR) is 367 cm³/mol. The van der Waals surface area contributed by atoms with Crippen molar-refractivity contribution in [1.82, 2.24) is 0 Å². The quantitative estimate of drug-likeness (QED) is 0.107. The summed E-state index contributed by atoms with van der Waals surface area (Å²) in [6, 6.07) is 130. The highest BCUT2D eigenvalue weighted by molar-refractivity contribution is 6.27. The molecule has 0 aromatic heterocycles. The van der Waals surface area contributed by atoms with Gasteiger partial charge in [-0.3, -0.25) is 0 Å². The lowest BCUT2D eigenvalue weighted by molar-refractivity contribution is 1.55. The average molecular weight is 1090 g/mol. The van der Waals surface area contributed by atoms with Gasteiger partial charge in [-0.2, -0.15) is 0 Å². The smallest absolute Gasteiger partial charge is 0.00137 e. The Labute approximate surface area is 503 Å². The zero-order valence-corrected chi connectivity index (χ0v) is 47.5. The molecule has 0 spiro atoms. The van der Waals surface area contributed by atoms with Crippen molar-refractivity contribution in [2.24, 2.45) is 0 Å². The normalized spacial score (nSPS) is 11.3. The lowest BCUT2D eigenvalue weighted by Crippen LogP contribution is -1.99. The summed E-state index contributed by atoms with van der Waals surface area (Å²) in [6.45, 7) is 0. The first-order chi connectivity index (χ1) is 42.7. The number of benzene rings is 15. The second kappa shape index (κ2) is 22.9. The number of rotatable bonds is 12. The first-order valence-electron chi connectivity index (χ1n) is 29.7. The van der Waals surface area contributed by atoms with Crippen LogP contribution in [-0.2, 0) is 0 Å². The molecule has 0 aliphatic rings. The molecule has 86 heavy (non-hydrogen) atoms. The van der Waals surface area contributed by atoms with E-state index >= 15 is 0 Å². The molecule has 0 aliphatic heterocycles. The summed E-state index contributed by atoms with van der Waals surface area (Å²) in [5.74, 6) is 0. The fraction of sp³-hybridized carbons (Fsp3) is 0. The minimum absolute atomic E-state index is 1.14. The van der Waals surface area contributed by atoms with Gasteiger partial charge in [0.05, 0.1) is 0 Å². The molecular formula is C86H58. The molecule has 0 saturated carbocycles. The fourth-order valence-corrected chi connectivity index (χ4v) is 13.3. The molecule has 0 nitrogen and oxygen atoms in total. The molecular weight excluding hydrogens is 1030 g/mol. The fourth-order valence-electron chi connectivity index (χ4n) is 13.3. The lowest BCUT2D eigenvalue weighted by Gasteiger charge is -2.26. The maximum Gasteiger partial charge on any atom is -0.00137 e. The van der Waals surface area contributed by atoms with Gasteiger partial charge in [0.1, 0.15) is 0 Å². The number of hydrogen-bond donors (Lipinski definition) is 0. The molecule has 0 saturated heterocycles. The van der Waals surface area contributed by atoms with Gasteiger partial charge in [-0.05, 0) is 167 Å². The van der Waals surface area contributed by atoms with Crippen molar-refractivity contribution in [2.45, 2.75) is 0 Å². The molecule has 0 amide bonds. The van der Waals surface area contributed by atoms with Gasteiger partial charge in [-0.15, -0.1) is 0 Å². The van der Waals surface area contributed by atoms with Crippen LogP contribution in [0, 0.1) is 0 Å². The van der Waals surface area contributed by atoms with E-state index in [1.54, 1.807) is 0 Å². The molecule has 0 bridgehead atoms. The maximum absolute atomic E-state index is 2.54. The van der Waals surface area contributed by atoms with E-state index in [-0.39, 0.29) is 0 Å². The number of hydrogen-bond acceptors (Lipinski definition) is 0. The summed E-state index contributed by atoms with van der Waals surface area (Å²) >= 11 is 0. The maximum atomic E-state index is 2.54. The Hall–Kier alpha value is -11.2. The van der Waals surface area contributed by atoms with Gasteiger partial charge >= 0.3 is 0 Å². The van der Waals surface area contributed by atoms with Crippen molar-refractivity contribution in [2.75, 3.05) is 0 Å². The van der Waals surface area contributed by atoms with Crippen molar-refractivity contribution < 1.29 is 0 Å². The highest BCUT2D eigenvalue weighted by atomic mass is 14.3. The van der Waals surface area contributed by atoms with Crippen molar-refractivity contribution in [1.29, 1.82) is 0 Å². The van der Waals surface area contributed by atoms with Crippen LogP contribution in [-0.4, -0.2) is 0 Å². The van der Waals surface area contributed by atoms with Crippen LogP contribution in [0.4, 0.5) is 0 Å². The molecule has 0 heteroatoms. The zero-order valence-electron chi connectivity index (χ0n) is 47.5. The summed E-state index contributed by atoms with van der Waals surface area (Å²) in [7, 11) is 0. The molecule has 0 aliphatic carbocycles. The van der Waals surface area contributed by atoms with Gasteiger partial charge in [0.2, 0.25) is 0 Å². The molecule has 0 atom stereocenters. The van der Waals surface area contributed by atoms with Crippen LogP contribution in [0.2, 0.25) is 0 Å². The van der Waals surface area contributed by atoms with Crippen LogP contribution >= 0.6 is 0 Å². The lowest BCUT2D eigenvalue weighted by atomic mass is 9.77. The van der Waals surface area contributed by atoms with E-state index in [1.807, 2.05) is 0 Å². The summed E-state index contributed by atoms with van der Waals surface area (Å²) in [5, 5.41) is 4.65. The van der Waals surface area contributed by atoms with E-state index in [0.29, 0.717) is 0 Å². The molecule has 0 radical (unpaired) electrons. The Morgan fingerprint density at radius 2 is 0.291 bits per heavy atom. The van der Waals surface area contributed by atoms with E-state index in [4.69, 9.17) is 0 Å². The van der Waals surface area contributed by atoms with E-state index < -0.39 is 0 Å². The van der Waals surface area contributed by atoms with Crippen LogP contribution in [0.25, 0.3) is 155 Å². The minimum Gasteiger partial charge on any atom is -0.0622 e. The predicted octanol–water partition coefficient (Wildman–Crippen LogP) is 24.0. The third kappa shape index (κ3) is 9.50. The Balaban J connectivity index is 1.18. The standard InChI is InChI=1S/C86H58/c1-9-29-59(30-10-1)69-45-25-46-70(60-31-11-2-12-32-60)81(69)67-53-55-77-79(57-67)85(83-73(63-37-17-5-18-38-63)49-27-50-74(83)64-39-19-6-20-40-64)78-56-54-68(82-71(61-33-13-3-14-34-61)47-26-48-72(82)62-35-15-4-16-36-62)58-80(78)86(77)84-75(65-41-21-7-22-42-65)51-28-52-76(84)66-43-23-8-24-44-66/h1-58H. The molecule has 402 valence electrons. The van der Waals surface area contributed by atoms with Crippen molar-refractivity contribution in [3.05, 3.63) is 352 Å². The Bertz CT molecular complexity index is 4350. The van der Waals surface area contributed by atoms with Gasteiger partial charge in [-0.1, -0.05) is 340 Å². The third-order valence-electron chi connectivity index (χ3n) is 17.1. The van der Waals surface area contributed by atoms with E-state index in [0.717, 1.165) is 54.9 Å². The largest absolute Gasteiger partial charge is 0.0622 e. The highest BCUT2D eigenvalue weighted by Crippen LogP contribution is 2.55. The van der Waals surface area contributed by atoms with Crippen molar-refractivity contribution in [3.8, 4) is 134 Å². The van der Waals surface area contributed by atoms with E-state index in [9.17, 15) is 0 Å². The van der Waals surface area contributed by atoms with Gasteiger partial charge < -0.3 is 0 Å². The van der Waals surface area contributed by atoms with Gasteiger partial charge in [0.15, 0.2) is 0 Å². The molecule has 15 rings (SSSR count). The molecule has 0 fully saturated rings. The van der Waals surface area contributed by atoms with E-state index in [2.05, 4.69) is 352 Å². The third-order valence-corrected chi connectivity index (χ3v) is 17.1. The van der Waals surface area contributed by atoms with Crippen LogP contribution in [0.15, 0.2) is 352 Å². The summed E-state index contributed by atoms with van der Waals surface area (Å²) < 4.78 is 0. The molecule has 15 aromatic carbocycles. The number of fused-ring (bicyclic) bond motifs is 2. The van der Waals surface area contributed by atoms with Crippen LogP contribution in [0.3, 0.4) is 0 Å². The second-order valence-corrected chi connectivity index (χ2v) is 22.1. The van der Waals surface area contributed by atoms with Gasteiger partial charge in [0, 0.05) is 0 Å². The molecule has 0 N–H and O–H groups in total. The first kappa shape index (κ1) is 51.7. The van der Waals surface area contributed by atoms with Crippen LogP contribution in [0.5, 0.6) is 0 Å². The van der Waals surface area contributed by atoms with Gasteiger partial charge in [0.25, 0.3) is 0 Å². The van der Waals surface area contributed by atoms with Gasteiger partial charge in [-0.25, -0.2) is 0 Å². The van der Waals surface area contributed by atoms with Crippen molar-refractivity contribution >= 4 is 21.5 Å². The SMILES string of the molecule is c1ccc(-c2cccc(-c3ccccc3)c2-c2ccc3c(-c4c(-c5ccccc5)cccc4-c4ccccc4)c4cc(-c5c(-c6ccccc6)cccc5-c5ccccc5)ccc4c(-c4c(-c5ccccc5)cccc4-c4ccccc4)c3c2)cc1. The Morgan fingerprint density at radius 3 is 0.488 bits per heavy atom. The zero-order chi connectivity index (χ0) is 57.2. The molecule has 15 aromatic rings. The summed E-state index contributed by atoms with van der Waals surface area (Å²) in [4.78, 5) is 0. The monoisotopic (exact) mass is 1090 g/mol. The van der Waals surface area contributed by atoms with E-state index in [1.165, 1.54) is 100 Å². The summed E-state index contributed by atoms with van der Waals surface area (Å²) in [5.41, 5.74) is 28.1. The first-order valence-corrected chi connectivity index (χ1v) is 29.7. The molecule has 0 heterocycles. The summed E-state index contributed by atoms with van der Waals surface area (Å²) in [6.07, 6.45) is 0. The highest BCUT2D eigenvalue weighted by Gasteiger charge is 2.28. The Kier molecular flexibility index (Phi) is 13.7. The van der Waals surface area contributed by atoms with Crippen LogP contribution < -0.4 is 0 Å². The minimum atomic E-state index is 1.14. The Morgan fingerprint density at radius 1 is 0.105 bits per heavy atom.